The van der Waals surface area contributed by atoms with E-state index >= 15 is 0 Å². The molecule has 3 nitrogen and oxygen atoms in total. The Morgan fingerprint density at radius 2 is 1.43 bits per heavy atom. The molecule has 1 fully saturated rings. The Morgan fingerprint density at radius 3 is 2.07 bits per heavy atom. The zero-order valence-corrected chi connectivity index (χ0v) is 17.5. The lowest BCUT2D eigenvalue weighted by Crippen LogP contribution is -2.50. The number of aryl methyl sites for hydroxylation is 2. The van der Waals surface area contributed by atoms with E-state index in [1.807, 2.05) is 68.4 Å². The Hall–Kier alpha value is -2.91. The number of hydrogen-bond donors (Lipinski definition) is 0. The Bertz CT molecular complexity index is 1220. The van der Waals surface area contributed by atoms with E-state index in [1.54, 1.807) is 0 Å². The van der Waals surface area contributed by atoms with Gasteiger partial charge < -0.3 is 0 Å². The quantitative estimate of drug-likeness (QED) is 0.413. The minimum Gasteiger partial charge on any atom is -0.274 e. The highest BCUT2D eigenvalue weighted by molar-refractivity contribution is 6.33. The van der Waals surface area contributed by atoms with Crippen LogP contribution in [0, 0.1) is 25.7 Å². The number of carbonyl (C=O) groups is 2. The standard InChI is InChI=1S/C26H20ClNO2/c1-14-11-12-15(2)20(13-14)28-24(29)22-21-16-7-3-5-9-18(16)26(27,23(22)25(28)30)19-10-6-4-8-17(19)21/h3-13,21-23H,1-2H3. The van der Waals surface area contributed by atoms with Crippen LogP contribution in [-0.2, 0) is 14.5 Å². The van der Waals surface area contributed by atoms with Crippen LogP contribution in [0.2, 0.25) is 0 Å². The van der Waals surface area contributed by atoms with Gasteiger partial charge in [-0.05, 0) is 53.3 Å². The first-order valence-electron chi connectivity index (χ1n) is 10.3. The average Bonchev–Trinajstić information content (AvgIpc) is 3.02. The van der Waals surface area contributed by atoms with Crippen molar-refractivity contribution in [2.45, 2.75) is 24.6 Å². The summed E-state index contributed by atoms with van der Waals surface area (Å²) < 4.78 is 0. The topological polar surface area (TPSA) is 37.4 Å². The van der Waals surface area contributed by atoms with E-state index in [-0.39, 0.29) is 17.7 Å². The van der Waals surface area contributed by atoms with Crippen molar-refractivity contribution in [2.75, 3.05) is 4.90 Å². The van der Waals surface area contributed by atoms with Crippen LogP contribution >= 0.6 is 11.6 Å². The summed E-state index contributed by atoms with van der Waals surface area (Å²) in [6.07, 6.45) is 0. The Morgan fingerprint density at radius 1 is 0.833 bits per heavy atom. The smallest absolute Gasteiger partial charge is 0.240 e. The molecule has 0 spiro atoms. The molecule has 0 N–H and O–H groups in total. The molecule has 30 heavy (non-hydrogen) atoms. The van der Waals surface area contributed by atoms with Crippen molar-refractivity contribution in [3.63, 3.8) is 0 Å². The summed E-state index contributed by atoms with van der Waals surface area (Å²) in [5, 5.41) is 0. The highest BCUT2D eigenvalue weighted by Crippen LogP contribution is 2.65. The number of benzene rings is 3. The number of alkyl halides is 1. The second kappa shape index (κ2) is 5.83. The molecule has 3 aromatic rings. The van der Waals surface area contributed by atoms with E-state index in [0.29, 0.717) is 5.69 Å². The molecule has 2 bridgehead atoms. The minimum atomic E-state index is -1.04. The SMILES string of the molecule is Cc1ccc(C)c(N2C(=O)C3C4c5ccccc5C(Cl)(c5ccccc54)C3C2=O)c1. The van der Waals surface area contributed by atoms with Crippen LogP contribution in [-0.4, -0.2) is 11.8 Å². The third kappa shape index (κ3) is 1.96. The molecule has 4 heteroatoms. The van der Waals surface area contributed by atoms with Crippen LogP contribution in [0.1, 0.15) is 39.3 Å². The first kappa shape index (κ1) is 17.9. The zero-order chi connectivity index (χ0) is 20.8. The highest BCUT2D eigenvalue weighted by atomic mass is 35.5. The second-order valence-corrected chi connectivity index (χ2v) is 9.27. The molecule has 2 atom stereocenters. The van der Waals surface area contributed by atoms with Gasteiger partial charge in [0.2, 0.25) is 11.8 Å². The molecule has 3 aliphatic carbocycles. The number of rotatable bonds is 1. The van der Waals surface area contributed by atoms with Crippen LogP contribution < -0.4 is 4.90 Å². The molecule has 2 unspecified atom stereocenters. The van der Waals surface area contributed by atoms with E-state index in [2.05, 4.69) is 12.1 Å². The van der Waals surface area contributed by atoms with Gasteiger partial charge in [0.05, 0.1) is 17.5 Å². The summed E-state index contributed by atoms with van der Waals surface area (Å²) in [5.41, 5.74) is 6.65. The molecular formula is C26H20ClNO2. The molecule has 4 aliphatic rings. The van der Waals surface area contributed by atoms with E-state index in [4.69, 9.17) is 11.6 Å². The van der Waals surface area contributed by atoms with E-state index in [9.17, 15) is 9.59 Å². The molecule has 1 aliphatic heterocycles. The normalized spacial score (nSPS) is 28.4. The fourth-order valence-electron chi connectivity index (χ4n) is 5.88. The predicted octanol–water partition coefficient (Wildman–Crippen LogP) is 5.05. The van der Waals surface area contributed by atoms with Gasteiger partial charge in [0.1, 0.15) is 4.87 Å². The minimum absolute atomic E-state index is 0.141. The number of nitrogens with zero attached hydrogens (tertiary/aromatic N) is 1. The number of carbonyl (C=O) groups excluding carboxylic acids is 2. The van der Waals surface area contributed by atoms with Crippen LogP contribution in [0.5, 0.6) is 0 Å². The summed E-state index contributed by atoms with van der Waals surface area (Å²) in [5.74, 6) is -1.59. The third-order valence-corrected chi connectivity index (χ3v) is 7.76. The maximum Gasteiger partial charge on any atom is 0.240 e. The van der Waals surface area contributed by atoms with E-state index < -0.39 is 16.7 Å². The lowest BCUT2D eigenvalue weighted by Gasteiger charge is -2.50. The van der Waals surface area contributed by atoms with Crippen molar-refractivity contribution < 1.29 is 9.59 Å². The Balaban J connectivity index is 1.63. The van der Waals surface area contributed by atoms with Crippen LogP contribution in [0.25, 0.3) is 0 Å². The van der Waals surface area contributed by atoms with Crippen molar-refractivity contribution >= 4 is 29.1 Å². The summed E-state index contributed by atoms with van der Waals surface area (Å²) >= 11 is 7.44. The molecule has 0 aromatic heterocycles. The lowest BCUT2D eigenvalue weighted by atomic mass is 9.54. The first-order chi connectivity index (χ1) is 14.4. The number of hydrogen-bond acceptors (Lipinski definition) is 2. The van der Waals surface area contributed by atoms with E-state index in [1.165, 1.54) is 4.90 Å². The van der Waals surface area contributed by atoms with Crippen molar-refractivity contribution in [1.29, 1.82) is 0 Å². The molecule has 0 saturated carbocycles. The lowest BCUT2D eigenvalue weighted by molar-refractivity contribution is -0.122. The molecule has 148 valence electrons. The van der Waals surface area contributed by atoms with Crippen molar-refractivity contribution in [1.82, 2.24) is 0 Å². The average molecular weight is 414 g/mol. The number of imide groups is 1. The molecule has 3 aromatic carbocycles. The molecular weight excluding hydrogens is 394 g/mol. The number of amides is 2. The third-order valence-electron chi connectivity index (χ3n) is 7.12. The maximum absolute atomic E-state index is 13.8. The molecule has 1 heterocycles. The largest absolute Gasteiger partial charge is 0.274 e. The predicted molar refractivity (Wildman–Crippen MR) is 117 cm³/mol. The van der Waals surface area contributed by atoms with Crippen molar-refractivity contribution in [3.05, 3.63) is 100 Å². The summed E-state index contributed by atoms with van der Waals surface area (Å²) in [4.78, 5) is 28.0. The zero-order valence-electron chi connectivity index (χ0n) is 16.7. The Kier molecular flexibility index (Phi) is 3.48. The summed E-state index contributed by atoms with van der Waals surface area (Å²) in [6.45, 7) is 3.91. The van der Waals surface area contributed by atoms with Crippen molar-refractivity contribution in [2.24, 2.45) is 11.8 Å². The molecule has 0 radical (unpaired) electrons. The van der Waals surface area contributed by atoms with Crippen LogP contribution in [0.3, 0.4) is 0 Å². The first-order valence-corrected chi connectivity index (χ1v) is 10.6. The molecule has 2 amide bonds. The van der Waals surface area contributed by atoms with Gasteiger partial charge in [-0.2, -0.15) is 0 Å². The fraction of sp³-hybridized carbons (Fsp3) is 0.231. The molecule has 1 saturated heterocycles. The number of halogens is 1. The van der Waals surface area contributed by atoms with Gasteiger partial charge in [0.15, 0.2) is 0 Å². The van der Waals surface area contributed by atoms with Gasteiger partial charge >= 0.3 is 0 Å². The van der Waals surface area contributed by atoms with Gasteiger partial charge in [-0.1, -0.05) is 60.7 Å². The molecule has 7 rings (SSSR count). The summed E-state index contributed by atoms with van der Waals surface area (Å²) in [7, 11) is 0. The number of anilines is 1. The van der Waals surface area contributed by atoms with Gasteiger partial charge in [0.25, 0.3) is 0 Å². The summed E-state index contributed by atoms with van der Waals surface area (Å²) in [6, 6.07) is 21.9. The maximum atomic E-state index is 13.8. The van der Waals surface area contributed by atoms with Gasteiger partial charge in [-0.3, -0.25) is 9.59 Å². The van der Waals surface area contributed by atoms with Crippen LogP contribution in [0.4, 0.5) is 5.69 Å². The van der Waals surface area contributed by atoms with Crippen LogP contribution in [0.15, 0.2) is 66.7 Å². The fourth-order valence-corrected chi connectivity index (χ4v) is 6.45. The highest BCUT2D eigenvalue weighted by Gasteiger charge is 2.68. The van der Waals surface area contributed by atoms with Gasteiger partial charge in [-0.25, -0.2) is 4.90 Å². The van der Waals surface area contributed by atoms with E-state index in [0.717, 1.165) is 33.4 Å². The second-order valence-electron chi connectivity index (χ2n) is 8.67. The monoisotopic (exact) mass is 413 g/mol. The van der Waals surface area contributed by atoms with Crippen molar-refractivity contribution in [3.8, 4) is 0 Å². The van der Waals surface area contributed by atoms with Gasteiger partial charge in [-0.15, -0.1) is 11.6 Å². The van der Waals surface area contributed by atoms with Gasteiger partial charge in [0, 0.05) is 5.92 Å². The Labute approximate surface area is 180 Å².